The van der Waals surface area contributed by atoms with Crippen molar-refractivity contribution >= 4 is 0 Å². The van der Waals surface area contributed by atoms with Gasteiger partial charge in [-0.15, -0.1) is 0 Å². The highest BCUT2D eigenvalue weighted by Crippen LogP contribution is 2.11. The number of rotatable bonds is 2. The number of aromatic nitrogens is 4. The van der Waals surface area contributed by atoms with E-state index >= 15 is 0 Å². The molecule has 0 aliphatic rings. The van der Waals surface area contributed by atoms with Crippen molar-refractivity contribution < 1.29 is 0 Å². The van der Waals surface area contributed by atoms with Gasteiger partial charge in [-0.25, -0.2) is 9.97 Å². The summed E-state index contributed by atoms with van der Waals surface area (Å²) in [7, 11) is 0. The number of nitrogens with one attached hydrogen (secondary N) is 2. The molecule has 0 aliphatic heterocycles. The van der Waals surface area contributed by atoms with Crippen molar-refractivity contribution in [2.75, 3.05) is 0 Å². The number of hydrogen-bond donors (Lipinski definition) is 2. The van der Waals surface area contributed by atoms with Gasteiger partial charge in [-0.1, -0.05) is 37.3 Å². The Morgan fingerprint density at radius 2 is 1.67 bits per heavy atom. The lowest BCUT2D eigenvalue weighted by atomic mass is 10.2. The normalized spacial score (nSPS) is 9.61. The third-order valence-corrected chi connectivity index (χ3v) is 2.44. The summed E-state index contributed by atoms with van der Waals surface area (Å²) in [6.45, 7) is 2.07. The van der Waals surface area contributed by atoms with E-state index in [1.807, 2.05) is 42.7 Å². The van der Waals surface area contributed by atoms with Crippen LogP contribution in [0.5, 0.6) is 0 Å². The van der Waals surface area contributed by atoms with Crippen LogP contribution in [-0.4, -0.2) is 19.9 Å². The number of aromatic amines is 2. The van der Waals surface area contributed by atoms with Gasteiger partial charge in [0.05, 0.1) is 0 Å². The van der Waals surface area contributed by atoms with Gasteiger partial charge in [-0.2, -0.15) is 0 Å². The molecule has 3 rings (SSSR count). The molecule has 0 saturated heterocycles. The molecule has 0 saturated carbocycles. The molecule has 0 aliphatic carbocycles. The van der Waals surface area contributed by atoms with E-state index in [1.165, 1.54) is 0 Å². The topological polar surface area (TPSA) is 57.4 Å². The van der Waals surface area contributed by atoms with Crippen molar-refractivity contribution in [3.8, 4) is 11.4 Å². The molecule has 2 heterocycles. The fourth-order valence-electron chi connectivity index (χ4n) is 1.51. The fourth-order valence-corrected chi connectivity index (χ4v) is 1.51. The zero-order chi connectivity index (χ0) is 12.6. The molecule has 0 atom stereocenters. The van der Waals surface area contributed by atoms with E-state index in [-0.39, 0.29) is 0 Å². The van der Waals surface area contributed by atoms with Crippen molar-refractivity contribution in [2.45, 2.75) is 13.3 Å². The SMILES string of the molecule is CCc1ncc[nH]1.c1ccc(-c2ncc[nH]2)cc1. The van der Waals surface area contributed by atoms with Crippen molar-refractivity contribution in [1.82, 2.24) is 19.9 Å². The van der Waals surface area contributed by atoms with Crippen LogP contribution in [0, 0.1) is 0 Å². The Labute approximate surface area is 106 Å². The van der Waals surface area contributed by atoms with E-state index in [0.29, 0.717) is 0 Å². The largest absolute Gasteiger partial charge is 0.349 e. The van der Waals surface area contributed by atoms with E-state index in [4.69, 9.17) is 0 Å². The second-order valence-electron chi connectivity index (χ2n) is 3.69. The summed E-state index contributed by atoms with van der Waals surface area (Å²) in [6, 6.07) is 10.0. The van der Waals surface area contributed by atoms with Gasteiger partial charge in [0, 0.05) is 36.8 Å². The van der Waals surface area contributed by atoms with Crippen molar-refractivity contribution in [1.29, 1.82) is 0 Å². The van der Waals surface area contributed by atoms with Crippen LogP contribution in [0.2, 0.25) is 0 Å². The van der Waals surface area contributed by atoms with Crippen molar-refractivity contribution in [3.05, 3.63) is 60.9 Å². The Morgan fingerprint density at radius 1 is 0.944 bits per heavy atom. The minimum atomic E-state index is 0.922. The second kappa shape index (κ2) is 6.39. The molecule has 0 bridgehead atoms. The van der Waals surface area contributed by atoms with Crippen LogP contribution < -0.4 is 0 Å². The molecule has 0 radical (unpaired) electrons. The standard InChI is InChI=1S/C9H8N2.C5H8N2/c1-2-4-8(5-3-1)9-10-6-7-11-9;1-2-5-6-3-4-7-5/h1-7H,(H,10,11);3-4H,2H2,1H3,(H,6,7). The molecular weight excluding hydrogens is 224 g/mol. The molecule has 4 nitrogen and oxygen atoms in total. The average molecular weight is 240 g/mol. The Bertz CT molecular complexity index is 526. The van der Waals surface area contributed by atoms with Crippen LogP contribution in [0.1, 0.15) is 12.7 Å². The Morgan fingerprint density at radius 3 is 2.17 bits per heavy atom. The van der Waals surface area contributed by atoms with E-state index in [9.17, 15) is 0 Å². The van der Waals surface area contributed by atoms with E-state index in [2.05, 4.69) is 26.9 Å². The number of aryl methyl sites for hydroxylation is 1. The first kappa shape index (κ1) is 12.1. The molecule has 0 amide bonds. The molecule has 1 aromatic carbocycles. The van der Waals surface area contributed by atoms with E-state index in [1.54, 1.807) is 12.4 Å². The fraction of sp³-hybridized carbons (Fsp3) is 0.143. The van der Waals surface area contributed by atoms with Gasteiger partial charge in [-0.05, 0) is 0 Å². The first-order valence-corrected chi connectivity index (χ1v) is 5.93. The maximum atomic E-state index is 4.13. The monoisotopic (exact) mass is 240 g/mol. The molecule has 2 aromatic heterocycles. The molecule has 2 N–H and O–H groups in total. The third-order valence-electron chi connectivity index (χ3n) is 2.44. The minimum Gasteiger partial charge on any atom is -0.349 e. The molecule has 0 spiro atoms. The first-order valence-electron chi connectivity index (χ1n) is 5.93. The summed E-state index contributed by atoms with van der Waals surface area (Å²) in [4.78, 5) is 14.1. The van der Waals surface area contributed by atoms with E-state index in [0.717, 1.165) is 23.6 Å². The maximum Gasteiger partial charge on any atom is 0.137 e. The summed E-state index contributed by atoms with van der Waals surface area (Å²) in [5.74, 6) is 1.98. The van der Waals surface area contributed by atoms with Crippen LogP contribution >= 0.6 is 0 Å². The molecule has 18 heavy (non-hydrogen) atoms. The predicted molar refractivity (Wildman–Crippen MR) is 72.0 cm³/mol. The minimum absolute atomic E-state index is 0.922. The maximum absolute atomic E-state index is 4.13. The Kier molecular flexibility index (Phi) is 4.30. The highest BCUT2D eigenvalue weighted by Gasteiger charge is 1.94. The third kappa shape index (κ3) is 3.31. The van der Waals surface area contributed by atoms with Gasteiger partial charge in [0.15, 0.2) is 0 Å². The predicted octanol–water partition coefficient (Wildman–Crippen LogP) is 3.05. The van der Waals surface area contributed by atoms with Gasteiger partial charge < -0.3 is 9.97 Å². The molecule has 4 heteroatoms. The molecule has 3 aromatic rings. The lowest BCUT2D eigenvalue weighted by Gasteiger charge is -1.92. The van der Waals surface area contributed by atoms with Crippen molar-refractivity contribution in [2.24, 2.45) is 0 Å². The lowest BCUT2D eigenvalue weighted by Crippen LogP contribution is -1.78. The number of H-pyrrole nitrogens is 2. The van der Waals surface area contributed by atoms with Gasteiger partial charge in [0.1, 0.15) is 11.6 Å². The quantitative estimate of drug-likeness (QED) is 0.723. The smallest absolute Gasteiger partial charge is 0.137 e. The number of hydrogen-bond acceptors (Lipinski definition) is 2. The zero-order valence-corrected chi connectivity index (χ0v) is 10.3. The summed E-state index contributed by atoms with van der Waals surface area (Å²) < 4.78 is 0. The number of imidazole rings is 2. The van der Waals surface area contributed by atoms with Gasteiger partial charge >= 0.3 is 0 Å². The summed E-state index contributed by atoms with van der Waals surface area (Å²) in [6.07, 6.45) is 8.16. The molecule has 0 unspecified atom stereocenters. The number of nitrogens with zero attached hydrogens (tertiary/aromatic N) is 2. The lowest BCUT2D eigenvalue weighted by molar-refractivity contribution is 0.990. The Balaban J connectivity index is 0.000000149. The highest BCUT2D eigenvalue weighted by molar-refractivity contribution is 5.53. The van der Waals surface area contributed by atoms with Crippen LogP contribution in [0.25, 0.3) is 11.4 Å². The second-order valence-corrected chi connectivity index (χ2v) is 3.69. The van der Waals surface area contributed by atoms with Gasteiger partial charge in [0.2, 0.25) is 0 Å². The summed E-state index contributed by atoms with van der Waals surface area (Å²) in [5, 5.41) is 0. The van der Waals surface area contributed by atoms with Gasteiger partial charge in [-0.3, -0.25) is 0 Å². The first-order chi connectivity index (χ1) is 8.90. The van der Waals surface area contributed by atoms with Crippen molar-refractivity contribution in [3.63, 3.8) is 0 Å². The average Bonchev–Trinajstić information content (AvgIpc) is 3.14. The molecule has 92 valence electrons. The molecule has 0 fully saturated rings. The summed E-state index contributed by atoms with van der Waals surface area (Å²) in [5.41, 5.74) is 1.12. The molecular formula is C14H16N4. The van der Waals surface area contributed by atoms with Crippen LogP contribution in [0.3, 0.4) is 0 Å². The van der Waals surface area contributed by atoms with Crippen LogP contribution in [-0.2, 0) is 6.42 Å². The van der Waals surface area contributed by atoms with Gasteiger partial charge in [0.25, 0.3) is 0 Å². The number of benzene rings is 1. The zero-order valence-electron chi connectivity index (χ0n) is 10.3. The van der Waals surface area contributed by atoms with Crippen LogP contribution in [0.4, 0.5) is 0 Å². The Hall–Kier alpha value is -2.36. The van der Waals surface area contributed by atoms with E-state index < -0.39 is 0 Å². The summed E-state index contributed by atoms with van der Waals surface area (Å²) >= 11 is 0. The van der Waals surface area contributed by atoms with Crippen LogP contribution in [0.15, 0.2) is 55.1 Å². The highest BCUT2D eigenvalue weighted by atomic mass is 14.9.